The highest BCUT2D eigenvalue weighted by molar-refractivity contribution is 6.77. The predicted octanol–water partition coefficient (Wildman–Crippen LogP) is 6.60. The van der Waals surface area contributed by atoms with E-state index in [1.807, 2.05) is 0 Å². The van der Waals surface area contributed by atoms with Crippen molar-refractivity contribution < 1.29 is 4.43 Å². The van der Waals surface area contributed by atoms with E-state index in [0.717, 1.165) is 5.92 Å². The maximum atomic E-state index is 7.13. The second-order valence-corrected chi connectivity index (χ2v) is 14.0. The van der Waals surface area contributed by atoms with Crippen LogP contribution in [0.5, 0.6) is 0 Å². The highest BCUT2D eigenvalue weighted by Crippen LogP contribution is 2.46. The van der Waals surface area contributed by atoms with Crippen LogP contribution in [0.15, 0.2) is 0 Å². The van der Waals surface area contributed by atoms with Gasteiger partial charge < -0.3 is 4.43 Å². The Morgan fingerprint density at radius 1 is 0.905 bits per heavy atom. The smallest absolute Gasteiger partial charge is 0.200 e. The molecule has 1 saturated carbocycles. The average molecular weight is 312 g/mol. The first-order valence-electron chi connectivity index (χ1n) is 9.10. The maximum absolute atomic E-state index is 7.13. The van der Waals surface area contributed by atoms with E-state index in [2.05, 4.69) is 62.3 Å². The number of hydrogen-bond acceptors (Lipinski definition) is 1. The minimum Gasteiger partial charge on any atom is -0.413 e. The first-order valence-corrected chi connectivity index (χ1v) is 11.2. The Hall–Kier alpha value is 0.177. The molecule has 0 aromatic heterocycles. The summed E-state index contributed by atoms with van der Waals surface area (Å²) in [5, 5.41) is 0. The molecule has 21 heavy (non-hydrogen) atoms. The molecular formula is C19H39OSi. The van der Waals surface area contributed by atoms with Crippen LogP contribution in [0.1, 0.15) is 81.6 Å². The van der Waals surface area contributed by atoms with Crippen molar-refractivity contribution in [1.29, 1.82) is 0 Å². The molecule has 2 heteroatoms. The molecule has 125 valence electrons. The summed E-state index contributed by atoms with van der Waals surface area (Å²) in [6, 6.07) is 0. The third-order valence-corrected chi connectivity index (χ3v) is 12.0. The van der Waals surface area contributed by atoms with E-state index in [9.17, 15) is 0 Å². The quantitative estimate of drug-likeness (QED) is 0.502. The molecule has 0 bridgehead atoms. The van der Waals surface area contributed by atoms with Gasteiger partial charge in [0.25, 0.3) is 0 Å². The fourth-order valence-electron chi connectivity index (χ4n) is 4.79. The van der Waals surface area contributed by atoms with Crippen LogP contribution in [-0.4, -0.2) is 14.4 Å². The molecule has 0 N–H and O–H groups in total. The Morgan fingerprint density at radius 2 is 1.38 bits per heavy atom. The number of hydrogen-bond donors (Lipinski definition) is 0. The van der Waals surface area contributed by atoms with Crippen molar-refractivity contribution in [3.8, 4) is 0 Å². The van der Waals surface area contributed by atoms with Crippen LogP contribution in [0.2, 0.25) is 16.6 Å². The zero-order valence-electron chi connectivity index (χ0n) is 16.0. The van der Waals surface area contributed by atoms with Gasteiger partial charge in [-0.2, -0.15) is 0 Å². The van der Waals surface area contributed by atoms with Crippen LogP contribution in [-0.2, 0) is 4.43 Å². The van der Waals surface area contributed by atoms with E-state index in [1.54, 1.807) is 5.92 Å². The van der Waals surface area contributed by atoms with Crippen LogP contribution in [0, 0.1) is 17.8 Å². The Labute approximate surface area is 135 Å². The van der Waals surface area contributed by atoms with Crippen molar-refractivity contribution in [2.45, 2.75) is 104 Å². The van der Waals surface area contributed by atoms with Crippen LogP contribution >= 0.6 is 0 Å². The molecule has 0 saturated heterocycles. The Bertz CT molecular complexity index is 287. The summed E-state index contributed by atoms with van der Waals surface area (Å²) in [7, 11) is -1.75. The first-order chi connectivity index (χ1) is 9.62. The fourth-order valence-corrected chi connectivity index (χ4v) is 10.4. The topological polar surface area (TPSA) is 9.23 Å². The Balaban J connectivity index is 3.04. The van der Waals surface area contributed by atoms with Gasteiger partial charge in [0.05, 0.1) is 0 Å². The van der Waals surface area contributed by atoms with Crippen molar-refractivity contribution in [2.75, 3.05) is 0 Å². The van der Waals surface area contributed by atoms with Crippen LogP contribution in [0.4, 0.5) is 0 Å². The average Bonchev–Trinajstić information content (AvgIpc) is 2.34. The molecule has 1 rings (SSSR count). The molecular weight excluding hydrogens is 272 g/mol. The summed E-state index contributed by atoms with van der Waals surface area (Å²) < 4.78 is 7.13. The van der Waals surface area contributed by atoms with E-state index in [4.69, 9.17) is 4.43 Å². The summed E-state index contributed by atoms with van der Waals surface area (Å²) in [6.45, 7) is 21.4. The molecule has 3 unspecified atom stereocenters. The monoisotopic (exact) mass is 311 g/mol. The first kappa shape index (κ1) is 19.2. The standard InChI is InChI=1S/C19H39OSi/c1-13(2)18-11-10-17(9)12-19(18)20-21(14(3)4,15(5)6)16(7)8/h14-19H,10-12H2,1-9H3. The van der Waals surface area contributed by atoms with Gasteiger partial charge >= 0.3 is 0 Å². The van der Waals surface area contributed by atoms with E-state index in [0.29, 0.717) is 28.6 Å². The van der Waals surface area contributed by atoms with E-state index in [1.165, 1.54) is 19.3 Å². The molecule has 1 aliphatic carbocycles. The Kier molecular flexibility index (Phi) is 6.99. The van der Waals surface area contributed by atoms with Crippen LogP contribution < -0.4 is 0 Å². The molecule has 0 amide bonds. The molecule has 0 aromatic rings. The number of rotatable bonds is 6. The lowest BCUT2D eigenvalue weighted by molar-refractivity contribution is 0.0613. The molecule has 0 aromatic carbocycles. The molecule has 1 aliphatic rings. The molecule has 0 spiro atoms. The largest absolute Gasteiger partial charge is 0.413 e. The van der Waals surface area contributed by atoms with Crippen molar-refractivity contribution >= 4 is 8.32 Å². The van der Waals surface area contributed by atoms with Crippen molar-refractivity contribution in [2.24, 2.45) is 11.8 Å². The SMILES string of the molecule is C[C](C)C1CCC(C)CC1O[Si](C(C)C)(C(C)C)C(C)C. The molecule has 3 atom stereocenters. The maximum Gasteiger partial charge on any atom is 0.200 e. The van der Waals surface area contributed by atoms with Gasteiger partial charge in [-0.1, -0.05) is 68.7 Å². The van der Waals surface area contributed by atoms with Crippen molar-refractivity contribution in [3.05, 3.63) is 5.92 Å². The summed E-state index contributed by atoms with van der Waals surface area (Å²) in [4.78, 5) is 0. The van der Waals surface area contributed by atoms with Gasteiger partial charge in [0, 0.05) is 6.10 Å². The van der Waals surface area contributed by atoms with E-state index in [-0.39, 0.29) is 0 Å². The lowest BCUT2D eigenvalue weighted by Crippen LogP contribution is -2.52. The van der Waals surface area contributed by atoms with Crippen molar-refractivity contribution in [3.63, 3.8) is 0 Å². The van der Waals surface area contributed by atoms with Gasteiger partial charge in [0.2, 0.25) is 8.32 Å². The minimum atomic E-state index is -1.75. The molecule has 0 heterocycles. The predicted molar refractivity (Wildman–Crippen MR) is 97.0 cm³/mol. The van der Waals surface area contributed by atoms with Crippen LogP contribution in [0.25, 0.3) is 0 Å². The highest BCUT2D eigenvalue weighted by Gasteiger charge is 2.48. The van der Waals surface area contributed by atoms with Gasteiger partial charge in [-0.05, 0) is 47.2 Å². The summed E-state index contributed by atoms with van der Waals surface area (Å²) in [5.74, 6) is 3.08. The van der Waals surface area contributed by atoms with E-state index >= 15 is 0 Å². The third kappa shape index (κ3) is 4.13. The van der Waals surface area contributed by atoms with Gasteiger partial charge in [-0.15, -0.1) is 0 Å². The van der Waals surface area contributed by atoms with Crippen LogP contribution in [0.3, 0.4) is 0 Å². The second-order valence-electron chi connectivity index (χ2n) is 8.58. The van der Waals surface area contributed by atoms with Gasteiger partial charge in [0.15, 0.2) is 0 Å². The molecule has 0 aliphatic heterocycles. The lowest BCUT2D eigenvalue weighted by atomic mass is 9.75. The minimum absolute atomic E-state index is 0.470. The molecule has 1 nitrogen and oxygen atoms in total. The van der Waals surface area contributed by atoms with Crippen molar-refractivity contribution in [1.82, 2.24) is 0 Å². The normalized spacial score (nSPS) is 28.1. The molecule has 1 radical (unpaired) electrons. The zero-order valence-corrected chi connectivity index (χ0v) is 17.0. The highest BCUT2D eigenvalue weighted by atomic mass is 28.4. The van der Waals surface area contributed by atoms with Gasteiger partial charge in [0.1, 0.15) is 0 Å². The summed E-state index contributed by atoms with van der Waals surface area (Å²) in [5.41, 5.74) is 2.06. The van der Waals surface area contributed by atoms with E-state index < -0.39 is 8.32 Å². The lowest BCUT2D eigenvalue weighted by Gasteiger charge is -2.48. The molecule has 1 fully saturated rings. The zero-order chi connectivity index (χ0) is 16.4. The fraction of sp³-hybridized carbons (Fsp3) is 0.947. The third-order valence-electron chi connectivity index (χ3n) is 5.86. The summed E-state index contributed by atoms with van der Waals surface area (Å²) >= 11 is 0. The Morgan fingerprint density at radius 3 is 1.76 bits per heavy atom. The summed E-state index contributed by atoms with van der Waals surface area (Å²) in [6.07, 6.45) is 4.43. The van der Waals surface area contributed by atoms with Gasteiger partial charge in [-0.25, -0.2) is 0 Å². The van der Waals surface area contributed by atoms with Gasteiger partial charge in [-0.3, -0.25) is 0 Å². The second kappa shape index (κ2) is 7.63.